The molecule has 0 atom stereocenters. The van der Waals surface area contributed by atoms with Gasteiger partial charge in [-0.15, -0.1) is 0 Å². The molecule has 0 amide bonds. The summed E-state index contributed by atoms with van der Waals surface area (Å²) >= 11 is 3.14. The maximum Gasteiger partial charge on any atom is 0.433 e. The molecular weight excluding hydrogens is 427 g/mol. The summed E-state index contributed by atoms with van der Waals surface area (Å²) in [7, 11) is -3.66. The fraction of sp³-hybridized carbons (Fsp3) is 0.214. The van der Waals surface area contributed by atoms with E-state index in [0.29, 0.717) is 10.5 Å². The van der Waals surface area contributed by atoms with Crippen LogP contribution in [0, 0.1) is 0 Å². The van der Waals surface area contributed by atoms with Gasteiger partial charge in [0.2, 0.25) is 5.89 Å². The minimum atomic E-state index is -4.63. The van der Waals surface area contributed by atoms with Crippen LogP contribution in [0.3, 0.4) is 0 Å². The Morgan fingerprint density at radius 1 is 1.20 bits per heavy atom. The smallest absolute Gasteiger partial charge is 0.433 e. The molecule has 3 aromatic rings. The monoisotopic (exact) mass is 435 g/mol. The Morgan fingerprint density at radius 3 is 2.56 bits per heavy atom. The number of sulfone groups is 1. The number of hydrogen-bond donors (Lipinski definition) is 0. The summed E-state index contributed by atoms with van der Waals surface area (Å²) in [5.41, 5.74) is -1.31. The number of hydrogen-bond acceptors (Lipinski definition) is 6. The summed E-state index contributed by atoms with van der Waals surface area (Å²) in [5.74, 6) is -0.381. The predicted octanol–water partition coefficient (Wildman–Crippen LogP) is 3.86. The van der Waals surface area contributed by atoms with E-state index >= 15 is 0 Å². The molecule has 0 N–H and O–H groups in total. The number of alkyl halides is 3. The number of pyridine rings is 2. The first-order valence-electron chi connectivity index (χ1n) is 6.84. The molecule has 0 aliphatic carbocycles. The van der Waals surface area contributed by atoms with E-state index in [9.17, 15) is 21.6 Å². The first-order valence-corrected chi connectivity index (χ1v) is 9.29. The van der Waals surface area contributed by atoms with E-state index in [1.807, 2.05) is 0 Å². The van der Waals surface area contributed by atoms with Crippen molar-refractivity contribution in [2.45, 2.75) is 18.0 Å². The second-order valence-corrected chi connectivity index (χ2v) is 8.12. The number of fused-ring (bicyclic) bond motifs is 1. The molecule has 0 aliphatic rings. The molecule has 6 nitrogen and oxygen atoms in total. The van der Waals surface area contributed by atoms with Crippen LogP contribution in [-0.2, 0) is 16.0 Å². The molecule has 0 aliphatic heterocycles. The van der Waals surface area contributed by atoms with Crippen LogP contribution in [0.25, 0.3) is 22.7 Å². The number of halogens is 4. The minimum absolute atomic E-state index is 0.0626. The Bertz CT molecular complexity index is 1060. The van der Waals surface area contributed by atoms with Gasteiger partial charge in [0, 0.05) is 16.7 Å². The van der Waals surface area contributed by atoms with Gasteiger partial charge in [0.15, 0.2) is 15.4 Å². The maximum atomic E-state index is 12.7. The highest BCUT2D eigenvalue weighted by Gasteiger charge is 2.33. The average Bonchev–Trinajstić information content (AvgIpc) is 2.96. The predicted molar refractivity (Wildman–Crippen MR) is 85.5 cm³/mol. The Hall–Kier alpha value is -2.01. The van der Waals surface area contributed by atoms with Gasteiger partial charge in [-0.3, -0.25) is 0 Å². The quantitative estimate of drug-likeness (QED) is 0.620. The Kier molecular flexibility index (Phi) is 4.31. The number of rotatable bonds is 3. The van der Waals surface area contributed by atoms with E-state index < -0.39 is 21.7 Å². The van der Waals surface area contributed by atoms with Crippen molar-refractivity contribution in [2.75, 3.05) is 5.75 Å². The fourth-order valence-corrected chi connectivity index (χ4v) is 3.60. The molecule has 0 aromatic carbocycles. The van der Waals surface area contributed by atoms with Crippen LogP contribution in [0.1, 0.15) is 12.6 Å². The van der Waals surface area contributed by atoms with Gasteiger partial charge in [-0.25, -0.2) is 23.4 Å². The molecule has 3 aromatic heterocycles. The lowest BCUT2D eigenvalue weighted by Gasteiger charge is -2.06. The molecule has 0 saturated heterocycles. The topological polar surface area (TPSA) is 86.0 Å². The fourth-order valence-electron chi connectivity index (χ4n) is 2.06. The zero-order chi connectivity index (χ0) is 18.4. The van der Waals surface area contributed by atoms with E-state index in [1.165, 1.54) is 19.2 Å². The average molecular weight is 436 g/mol. The van der Waals surface area contributed by atoms with Crippen LogP contribution in [0.5, 0.6) is 0 Å². The third-order valence-electron chi connectivity index (χ3n) is 3.30. The standard InChI is InChI=1S/C14H9BrF3N3O3S/c1-2-25(22,23)10-3-7(15)5-20-12(10)13-21-8-6-19-11(14(16,17)18)4-9(8)24-13/h3-6H,2H2,1H3. The largest absolute Gasteiger partial charge is 0.435 e. The second kappa shape index (κ2) is 6.06. The molecule has 3 heterocycles. The first-order chi connectivity index (χ1) is 11.6. The summed E-state index contributed by atoms with van der Waals surface area (Å²) < 4.78 is 68.5. The third kappa shape index (κ3) is 3.38. The number of oxazole rings is 1. The lowest BCUT2D eigenvalue weighted by atomic mass is 10.3. The Labute approximate surface area is 148 Å². The normalized spacial score (nSPS) is 12.7. The van der Waals surface area contributed by atoms with Crippen molar-refractivity contribution in [2.24, 2.45) is 0 Å². The van der Waals surface area contributed by atoms with Crippen LogP contribution in [0.2, 0.25) is 0 Å². The zero-order valence-electron chi connectivity index (χ0n) is 12.5. The molecule has 25 heavy (non-hydrogen) atoms. The van der Waals surface area contributed by atoms with Crippen molar-refractivity contribution in [3.8, 4) is 11.6 Å². The van der Waals surface area contributed by atoms with Crippen molar-refractivity contribution in [3.63, 3.8) is 0 Å². The SMILES string of the molecule is CCS(=O)(=O)c1cc(Br)cnc1-c1nc2cnc(C(F)(F)F)cc2o1. The molecule has 0 bridgehead atoms. The molecule has 0 spiro atoms. The third-order valence-corrected chi connectivity index (χ3v) is 5.48. The van der Waals surface area contributed by atoms with Gasteiger partial charge in [0.05, 0.1) is 16.8 Å². The van der Waals surface area contributed by atoms with Gasteiger partial charge in [0.25, 0.3) is 0 Å². The van der Waals surface area contributed by atoms with Crippen molar-refractivity contribution in [1.29, 1.82) is 0 Å². The maximum absolute atomic E-state index is 12.7. The number of nitrogens with zero attached hydrogens (tertiary/aromatic N) is 3. The van der Waals surface area contributed by atoms with E-state index in [-0.39, 0.29) is 33.3 Å². The Morgan fingerprint density at radius 2 is 1.92 bits per heavy atom. The molecule has 0 unspecified atom stereocenters. The van der Waals surface area contributed by atoms with Crippen LogP contribution in [0.15, 0.2) is 38.3 Å². The highest BCUT2D eigenvalue weighted by molar-refractivity contribution is 9.10. The van der Waals surface area contributed by atoms with Crippen molar-refractivity contribution < 1.29 is 26.0 Å². The van der Waals surface area contributed by atoms with Gasteiger partial charge < -0.3 is 4.42 Å². The van der Waals surface area contributed by atoms with E-state index in [4.69, 9.17) is 4.42 Å². The van der Waals surface area contributed by atoms with Gasteiger partial charge in [0.1, 0.15) is 16.9 Å². The summed E-state index contributed by atoms with van der Waals surface area (Å²) in [6.45, 7) is 1.46. The molecular formula is C14H9BrF3N3O3S. The number of aromatic nitrogens is 3. The van der Waals surface area contributed by atoms with Crippen molar-refractivity contribution in [1.82, 2.24) is 15.0 Å². The summed E-state index contributed by atoms with van der Waals surface area (Å²) in [6, 6.07) is 2.05. The van der Waals surface area contributed by atoms with Gasteiger partial charge in [-0.1, -0.05) is 6.92 Å². The van der Waals surface area contributed by atoms with Crippen LogP contribution in [-0.4, -0.2) is 29.1 Å². The lowest BCUT2D eigenvalue weighted by molar-refractivity contribution is -0.141. The molecule has 11 heteroatoms. The van der Waals surface area contributed by atoms with Crippen molar-refractivity contribution in [3.05, 3.63) is 34.7 Å². The molecule has 132 valence electrons. The van der Waals surface area contributed by atoms with Gasteiger partial charge in [-0.05, 0) is 22.0 Å². The highest BCUT2D eigenvalue weighted by atomic mass is 79.9. The van der Waals surface area contributed by atoms with E-state index in [2.05, 4.69) is 30.9 Å². The highest BCUT2D eigenvalue weighted by Crippen LogP contribution is 2.33. The molecule has 0 saturated carbocycles. The van der Waals surface area contributed by atoms with E-state index in [1.54, 1.807) is 0 Å². The zero-order valence-corrected chi connectivity index (χ0v) is 14.9. The van der Waals surface area contributed by atoms with E-state index in [0.717, 1.165) is 6.20 Å². The van der Waals surface area contributed by atoms with Gasteiger partial charge >= 0.3 is 6.18 Å². The first kappa shape index (κ1) is 17.8. The summed E-state index contributed by atoms with van der Waals surface area (Å²) in [5, 5.41) is 0. The molecule has 0 fully saturated rings. The van der Waals surface area contributed by atoms with Crippen LogP contribution < -0.4 is 0 Å². The van der Waals surface area contributed by atoms with Crippen molar-refractivity contribution >= 4 is 36.9 Å². The second-order valence-electron chi connectivity index (χ2n) is 4.96. The minimum Gasteiger partial charge on any atom is -0.435 e. The van der Waals surface area contributed by atoms with Crippen LogP contribution >= 0.6 is 15.9 Å². The summed E-state index contributed by atoms with van der Waals surface area (Å²) in [4.78, 5) is 11.2. The Balaban J connectivity index is 2.21. The lowest BCUT2D eigenvalue weighted by Crippen LogP contribution is -2.07. The molecule has 3 rings (SSSR count). The summed E-state index contributed by atoms with van der Waals surface area (Å²) in [6.07, 6.45) is -2.37. The van der Waals surface area contributed by atoms with Crippen LogP contribution in [0.4, 0.5) is 13.2 Å². The molecule has 0 radical (unpaired) electrons. The van der Waals surface area contributed by atoms with Gasteiger partial charge in [-0.2, -0.15) is 13.2 Å².